The lowest BCUT2D eigenvalue weighted by Crippen LogP contribution is -2.34. The molecule has 2 aromatic heterocycles. The number of aryl methyl sites for hydroxylation is 1. The van der Waals surface area contributed by atoms with E-state index in [9.17, 15) is 9.59 Å². The number of thiazole rings is 1. The van der Waals surface area contributed by atoms with Crippen LogP contribution in [0.3, 0.4) is 0 Å². The van der Waals surface area contributed by atoms with Crippen molar-refractivity contribution in [3.8, 4) is 5.75 Å². The standard InChI is InChI=1S/C25H22N4O4S/c1-15-11-21(18-7-2-3-8-20(18)27-15)33-14-16-5-4-6-17(12-16)25(13-19(25)22(30)29-32)23(31)28-24-26-9-10-34-24/h2-12,19,32H,13-14H2,1H3,(H,29,30)(H,26,28,31)/t19-,25-/m0/s1. The van der Waals surface area contributed by atoms with E-state index in [4.69, 9.17) is 9.94 Å². The molecule has 4 aromatic rings. The summed E-state index contributed by atoms with van der Waals surface area (Å²) in [5.41, 5.74) is 3.86. The highest BCUT2D eigenvalue weighted by atomic mass is 32.1. The minimum atomic E-state index is -1.09. The van der Waals surface area contributed by atoms with E-state index in [1.165, 1.54) is 11.3 Å². The summed E-state index contributed by atoms with van der Waals surface area (Å²) in [6.07, 6.45) is 1.88. The Hall–Kier alpha value is -3.82. The number of nitrogens with one attached hydrogen (secondary N) is 2. The van der Waals surface area contributed by atoms with Crippen LogP contribution in [-0.4, -0.2) is 27.0 Å². The van der Waals surface area contributed by atoms with Gasteiger partial charge in [0, 0.05) is 28.7 Å². The smallest absolute Gasteiger partial charge is 0.247 e. The molecule has 2 heterocycles. The highest BCUT2D eigenvalue weighted by molar-refractivity contribution is 7.13. The molecule has 2 amide bonds. The van der Waals surface area contributed by atoms with Gasteiger partial charge in [-0.15, -0.1) is 11.3 Å². The first-order valence-corrected chi connectivity index (χ1v) is 11.6. The van der Waals surface area contributed by atoms with Crippen molar-refractivity contribution in [2.24, 2.45) is 5.92 Å². The minimum Gasteiger partial charge on any atom is -0.488 e. The largest absolute Gasteiger partial charge is 0.488 e. The molecule has 5 rings (SSSR count). The molecule has 0 unspecified atom stereocenters. The summed E-state index contributed by atoms with van der Waals surface area (Å²) in [7, 11) is 0. The molecule has 1 aliphatic carbocycles. The second-order valence-corrected chi connectivity index (χ2v) is 9.16. The van der Waals surface area contributed by atoms with E-state index < -0.39 is 17.2 Å². The number of carbonyl (C=O) groups is 2. The molecule has 0 bridgehead atoms. The minimum absolute atomic E-state index is 0.280. The molecule has 2 atom stereocenters. The number of anilines is 1. The zero-order chi connectivity index (χ0) is 23.7. The van der Waals surface area contributed by atoms with Crippen LogP contribution < -0.4 is 15.5 Å². The molecule has 1 fully saturated rings. The van der Waals surface area contributed by atoms with Crippen LogP contribution in [0.1, 0.15) is 23.2 Å². The van der Waals surface area contributed by atoms with E-state index in [2.05, 4.69) is 15.3 Å². The van der Waals surface area contributed by atoms with Crippen molar-refractivity contribution in [2.75, 3.05) is 5.32 Å². The Bertz CT molecular complexity index is 1370. The van der Waals surface area contributed by atoms with E-state index in [0.29, 0.717) is 10.7 Å². The van der Waals surface area contributed by atoms with Crippen LogP contribution in [0.15, 0.2) is 66.2 Å². The zero-order valence-corrected chi connectivity index (χ0v) is 19.1. The van der Waals surface area contributed by atoms with E-state index in [1.54, 1.807) is 17.1 Å². The summed E-state index contributed by atoms with van der Waals surface area (Å²) in [5.74, 6) is -0.867. The van der Waals surface area contributed by atoms with Crippen molar-refractivity contribution < 1.29 is 19.5 Å². The third-order valence-electron chi connectivity index (χ3n) is 6.09. The predicted molar refractivity (Wildman–Crippen MR) is 128 cm³/mol. The number of carbonyl (C=O) groups excluding carboxylic acids is 2. The van der Waals surface area contributed by atoms with Crippen molar-refractivity contribution >= 4 is 39.2 Å². The number of para-hydroxylation sites is 1. The van der Waals surface area contributed by atoms with Gasteiger partial charge in [-0.2, -0.15) is 0 Å². The van der Waals surface area contributed by atoms with Crippen LogP contribution in [0.5, 0.6) is 5.75 Å². The van der Waals surface area contributed by atoms with Gasteiger partial charge in [0.25, 0.3) is 0 Å². The van der Waals surface area contributed by atoms with Gasteiger partial charge >= 0.3 is 0 Å². The fourth-order valence-corrected chi connectivity index (χ4v) is 4.86. The van der Waals surface area contributed by atoms with E-state index in [-0.39, 0.29) is 18.9 Å². The third-order valence-corrected chi connectivity index (χ3v) is 6.78. The van der Waals surface area contributed by atoms with Crippen LogP contribution in [0.4, 0.5) is 5.13 Å². The summed E-state index contributed by atoms with van der Waals surface area (Å²) in [6, 6.07) is 17.1. The molecule has 0 spiro atoms. The van der Waals surface area contributed by atoms with E-state index in [1.807, 2.05) is 61.5 Å². The number of fused-ring (bicyclic) bond motifs is 1. The van der Waals surface area contributed by atoms with E-state index >= 15 is 0 Å². The third kappa shape index (κ3) is 4.00. The topological polar surface area (TPSA) is 113 Å². The van der Waals surface area contributed by atoms with Gasteiger partial charge in [0.05, 0.1) is 16.8 Å². The molecule has 1 saturated carbocycles. The Morgan fingerprint density at radius 1 is 1.21 bits per heavy atom. The van der Waals surface area contributed by atoms with Crippen molar-refractivity contribution in [3.63, 3.8) is 0 Å². The lowest BCUT2D eigenvalue weighted by molar-refractivity contribution is -0.132. The number of hydrogen-bond acceptors (Lipinski definition) is 7. The van der Waals surface area contributed by atoms with Gasteiger partial charge in [-0.1, -0.05) is 36.4 Å². The lowest BCUT2D eigenvalue weighted by Gasteiger charge is -2.18. The van der Waals surface area contributed by atoms with Gasteiger partial charge in [-0.25, -0.2) is 10.5 Å². The zero-order valence-electron chi connectivity index (χ0n) is 18.3. The molecule has 8 nitrogen and oxygen atoms in total. The maximum atomic E-state index is 13.3. The number of hydrogen-bond donors (Lipinski definition) is 3. The highest BCUT2D eigenvalue weighted by Crippen LogP contribution is 2.55. The van der Waals surface area contributed by atoms with Gasteiger partial charge in [-0.05, 0) is 36.6 Å². The Kier molecular flexibility index (Phi) is 5.72. The van der Waals surface area contributed by atoms with Crippen LogP contribution in [0.2, 0.25) is 0 Å². The molecule has 0 radical (unpaired) electrons. The molecule has 2 aromatic carbocycles. The first kappa shape index (κ1) is 22.0. The summed E-state index contributed by atoms with van der Waals surface area (Å²) >= 11 is 1.30. The van der Waals surface area contributed by atoms with Crippen molar-refractivity contribution in [1.29, 1.82) is 0 Å². The van der Waals surface area contributed by atoms with Crippen molar-refractivity contribution in [3.05, 3.63) is 83.0 Å². The highest BCUT2D eigenvalue weighted by Gasteiger charge is 2.64. The number of ether oxygens (including phenoxy) is 1. The van der Waals surface area contributed by atoms with Gasteiger partial charge in [-0.3, -0.25) is 19.8 Å². The number of rotatable bonds is 7. The van der Waals surface area contributed by atoms with Gasteiger partial charge in [0.1, 0.15) is 12.4 Å². The molecular formula is C25H22N4O4S. The number of hydroxylamine groups is 1. The van der Waals surface area contributed by atoms with Crippen LogP contribution >= 0.6 is 11.3 Å². The van der Waals surface area contributed by atoms with Crippen LogP contribution in [0, 0.1) is 12.8 Å². The molecule has 9 heteroatoms. The maximum Gasteiger partial charge on any atom is 0.247 e. The second kappa shape index (κ2) is 8.85. The summed E-state index contributed by atoms with van der Waals surface area (Å²) in [6.45, 7) is 2.20. The molecule has 0 aliphatic heterocycles. The summed E-state index contributed by atoms with van der Waals surface area (Å²) < 4.78 is 6.15. The number of benzene rings is 2. The van der Waals surface area contributed by atoms with E-state index in [0.717, 1.165) is 27.9 Å². The predicted octanol–water partition coefficient (Wildman–Crippen LogP) is 3.98. The SMILES string of the molecule is Cc1cc(OCc2cccc([C@@]3(C(=O)Nc4nccs4)C[C@H]3C(=O)NO)c2)c2ccccc2n1. The summed E-state index contributed by atoms with van der Waals surface area (Å²) in [4.78, 5) is 34.1. The first-order chi connectivity index (χ1) is 16.5. The maximum absolute atomic E-state index is 13.3. The normalized spacial score (nSPS) is 18.9. The lowest BCUT2D eigenvalue weighted by atomic mass is 9.90. The monoisotopic (exact) mass is 474 g/mol. The summed E-state index contributed by atoms with van der Waals surface area (Å²) in [5, 5.41) is 15.1. The second-order valence-electron chi connectivity index (χ2n) is 8.26. The molecule has 3 N–H and O–H groups in total. The Balaban J connectivity index is 1.42. The fraction of sp³-hybridized carbons (Fsp3) is 0.200. The first-order valence-electron chi connectivity index (χ1n) is 10.7. The molecular weight excluding hydrogens is 452 g/mol. The van der Waals surface area contributed by atoms with Crippen molar-refractivity contribution in [2.45, 2.75) is 25.4 Å². The number of amides is 2. The average Bonchev–Trinajstić information content (AvgIpc) is 3.42. The average molecular weight is 475 g/mol. The quantitative estimate of drug-likeness (QED) is 0.276. The number of aromatic nitrogens is 2. The van der Waals surface area contributed by atoms with Crippen molar-refractivity contribution in [1.82, 2.24) is 15.4 Å². The number of nitrogens with zero attached hydrogens (tertiary/aromatic N) is 2. The molecule has 34 heavy (non-hydrogen) atoms. The Labute approximate surface area is 199 Å². The van der Waals surface area contributed by atoms with Gasteiger partial charge < -0.3 is 10.1 Å². The molecule has 0 saturated heterocycles. The Morgan fingerprint density at radius 3 is 2.85 bits per heavy atom. The number of pyridine rings is 1. The van der Waals surface area contributed by atoms with Crippen LogP contribution in [0.25, 0.3) is 10.9 Å². The molecule has 1 aliphatic rings. The van der Waals surface area contributed by atoms with Crippen LogP contribution in [-0.2, 0) is 21.6 Å². The Morgan fingerprint density at radius 2 is 2.06 bits per heavy atom. The fourth-order valence-electron chi connectivity index (χ4n) is 4.34. The molecule has 172 valence electrons. The van der Waals surface area contributed by atoms with Gasteiger partial charge in [0.2, 0.25) is 11.8 Å². The van der Waals surface area contributed by atoms with Gasteiger partial charge in [0.15, 0.2) is 5.13 Å².